The standard InChI is InChI=1S/C17H19FN2O/c18-15-3-1-2-14(12-15)13-19-8-10-20(11-9-19)16-4-6-17(21)7-5-16/h1-7,12,21H,8-11,13H2. The van der Waals surface area contributed by atoms with E-state index in [-0.39, 0.29) is 5.82 Å². The molecule has 0 aromatic heterocycles. The van der Waals surface area contributed by atoms with E-state index in [9.17, 15) is 9.50 Å². The van der Waals surface area contributed by atoms with E-state index in [1.165, 1.54) is 6.07 Å². The number of rotatable bonds is 3. The minimum atomic E-state index is -0.171. The molecule has 3 rings (SSSR count). The molecule has 0 radical (unpaired) electrons. The van der Waals surface area contributed by atoms with Gasteiger partial charge in [0.05, 0.1) is 0 Å². The maximum atomic E-state index is 13.2. The van der Waals surface area contributed by atoms with Crippen LogP contribution in [0.1, 0.15) is 5.56 Å². The number of benzene rings is 2. The van der Waals surface area contributed by atoms with Crippen molar-refractivity contribution in [3.8, 4) is 5.75 Å². The summed E-state index contributed by atoms with van der Waals surface area (Å²) >= 11 is 0. The first-order valence-corrected chi connectivity index (χ1v) is 7.21. The zero-order chi connectivity index (χ0) is 14.7. The molecular weight excluding hydrogens is 267 g/mol. The van der Waals surface area contributed by atoms with Crippen LogP contribution in [0, 0.1) is 5.82 Å². The van der Waals surface area contributed by atoms with Crippen LogP contribution >= 0.6 is 0 Å². The second-order valence-electron chi connectivity index (χ2n) is 5.41. The van der Waals surface area contributed by atoms with Gasteiger partial charge in [0.25, 0.3) is 0 Å². The van der Waals surface area contributed by atoms with Gasteiger partial charge in [-0.25, -0.2) is 4.39 Å². The Morgan fingerprint density at radius 2 is 1.67 bits per heavy atom. The second kappa shape index (κ2) is 6.14. The van der Waals surface area contributed by atoms with Crippen LogP contribution in [0.25, 0.3) is 0 Å². The number of hydrogen-bond donors (Lipinski definition) is 1. The van der Waals surface area contributed by atoms with Crippen molar-refractivity contribution in [3.05, 3.63) is 59.9 Å². The molecule has 3 nitrogen and oxygen atoms in total. The van der Waals surface area contributed by atoms with Gasteiger partial charge in [-0.1, -0.05) is 12.1 Å². The first-order valence-electron chi connectivity index (χ1n) is 7.21. The molecule has 4 heteroatoms. The SMILES string of the molecule is Oc1ccc(N2CCN(Cc3cccc(F)c3)CC2)cc1. The molecule has 2 aromatic rings. The number of phenols is 1. The van der Waals surface area contributed by atoms with Gasteiger partial charge in [0, 0.05) is 38.4 Å². The predicted octanol–water partition coefficient (Wildman–Crippen LogP) is 2.85. The number of nitrogens with zero attached hydrogens (tertiary/aromatic N) is 2. The number of anilines is 1. The summed E-state index contributed by atoms with van der Waals surface area (Å²) in [7, 11) is 0. The third-order valence-corrected chi connectivity index (χ3v) is 3.88. The first-order chi connectivity index (χ1) is 10.2. The molecule has 2 aromatic carbocycles. The summed E-state index contributed by atoms with van der Waals surface area (Å²) in [4.78, 5) is 4.65. The summed E-state index contributed by atoms with van der Waals surface area (Å²) in [5.41, 5.74) is 2.16. The van der Waals surface area contributed by atoms with E-state index in [2.05, 4.69) is 9.80 Å². The molecule has 0 spiro atoms. The maximum absolute atomic E-state index is 13.2. The highest BCUT2D eigenvalue weighted by Crippen LogP contribution is 2.20. The summed E-state index contributed by atoms with van der Waals surface area (Å²) in [6.07, 6.45) is 0. The van der Waals surface area contributed by atoms with Crippen molar-refractivity contribution in [2.75, 3.05) is 31.1 Å². The van der Waals surface area contributed by atoms with Gasteiger partial charge in [0.15, 0.2) is 0 Å². The third kappa shape index (κ3) is 3.52. The zero-order valence-electron chi connectivity index (χ0n) is 11.9. The second-order valence-corrected chi connectivity index (χ2v) is 5.41. The number of hydrogen-bond acceptors (Lipinski definition) is 3. The number of piperazine rings is 1. The molecule has 0 bridgehead atoms. The molecule has 1 fully saturated rings. The van der Waals surface area contributed by atoms with E-state index in [1.807, 2.05) is 18.2 Å². The van der Waals surface area contributed by atoms with E-state index >= 15 is 0 Å². The summed E-state index contributed by atoms with van der Waals surface area (Å²) in [5.74, 6) is 0.124. The zero-order valence-corrected chi connectivity index (χ0v) is 11.9. The molecule has 1 N–H and O–H groups in total. The Hall–Kier alpha value is -2.07. The number of halogens is 1. The molecule has 1 heterocycles. The van der Waals surface area contributed by atoms with Crippen LogP contribution in [0.4, 0.5) is 10.1 Å². The molecule has 0 aliphatic carbocycles. The van der Waals surface area contributed by atoms with Crippen molar-refractivity contribution in [3.63, 3.8) is 0 Å². The molecule has 0 saturated carbocycles. The largest absolute Gasteiger partial charge is 0.508 e. The van der Waals surface area contributed by atoms with E-state index in [0.29, 0.717) is 5.75 Å². The Kier molecular flexibility index (Phi) is 4.06. The molecule has 1 aliphatic heterocycles. The van der Waals surface area contributed by atoms with Gasteiger partial charge >= 0.3 is 0 Å². The highest BCUT2D eigenvalue weighted by Gasteiger charge is 2.17. The molecule has 0 unspecified atom stereocenters. The van der Waals surface area contributed by atoms with Gasteiger partial charge in [-0.15, -0.1) is 0 Å². The topological polar surface area (TPSA) is 26.7 Å². The molecule has 0 amide bonds. The molecular formula is C17H19FN2O. The lowest BCUT2D eigenvalue weighted by atomic mass is 10.2. The van der Waals surface area contributed by atoms with Crippen LogP contribution in [0.2, 0.25) is 0 Å². The van der Waals surface area contributed by atoms with Crippen LogP contribution in [0.5, 0.6) is 5.75 Å². The van der Waals surface area contributed by atoms with Crippen LogP contribution in [-0.2, 0) is 6.54 Å². The van der Waals surface area contributed by atoms with Gasteiger partial charge in [0.2, 0.25) is 0 Å². The highest BCUT2D eigenvalue weighted by molar-refractivity contribution is 5.49. The Labute approximate surface area is 124 Å². The van der Waals surface area contributed by atoms with Crippen molar-refractivity contribution in [1.29, 1.82) is 0 Å². The van der Waals surface area contributed by atoms with Crippen LogP contribution in [0.15, 0.2) is 48.5 Å². The predicted molar refractivity (Wildman–Crippen MR) is 82.0 cm³/mol. The van der Waals surface area contributed by atoms with E-state index < -0.39 is 0 Å². The highest BCUT2D eigenvalue weighted by atomic mass is 19.1. The van der Waals surface area contributed by atoms with Crippen molar-refractivity contribution in [2.45, 2.75) is 6.54 Å². The summed E-state index contributed by atoms with van der Waals surface area (Å²) in [6.45, 7) is 4.59. The summed E-state index contributed by atoms with van der Waals surface area (Å²) in [6, 6.07) is 14.1. The molecule has 110 valence electrons. The average Bonchev–Trinajstić information content (AvgIpc) is 2.49. The van der Waals surface area contributed by atoms with E-state index in [1.54, 1.807) is 24.3 Å². The fourth-order valence-corrected chi connectivity index (χ4v) is 2.72. The lowest BCUT2D eigenvalue weighted by molar-refractivity contribution is 0.249. The van der Waals surface area contributed by atoms with Crippen LogP contribution in [-0.4, -0.2) is 36.2 Å². The summed E-state index contributed by atoms with van der Waals surface area (Å²) < 4.78 is 13.2. The third-order valence-electron chi connectivity index (χ3n) is 3.88. The molecule has 1 aliphatic rings. The normalized spacial score (nSPS) is 16.1. The number of phenolic OH excluding ortho intramolecular Hbond substituents is 1. The molecule has 0 atom stereocenters. The van der Waals surface area contributed by atoms with Crippen molar-refractivity contribution in [1.82, 2.24) is 4.90 Å². The van der Waals surface area contributed by atoms with Gasteiger partial charge < -0.3 is 10.0 Å². The van der Waals surface area contributed by atoms with Gasteiger partial charge in [-0.3, -0.25) is 4.90 Å². The van der Waals surface area contributed by atoms with Crippen molar-refractivity contribution < 1.29 is 9.50 Å². The van der Waals surface area contributed by atoms with E-state index in [0.717, 1.165) is 44.0 Å². The maximum Gasteiger partial charge on any atom is 0.123 e. The smallest absolute Gasteiger partial charge is 0.123 e. The number of aromatic hydroxyl groups is 1. The Morgan fingerprint density at radius 1 is 0.952 bits per heavy atom. The minimum Gasteiger partial charge on any atom is -0.508 e. The lowest BCUT2D eigenvalue weighted by Gasteiger charge is -2.36. The average molecular weight is 286 g/mol. The quantitative estimate of drug-likeness (QED) is 0.940. The molecule has 21 heavy (non-hydrogen) atoms. The van der Waals surface area contributed by atoms with E-state index in [4.69, 9.17) is 0 Å². The summed E-state index contributed by atoms with van der Waals surface area (Å²) in [5, 5.41) is 9.33. The molecule has 1 saturated heterocycles. The monoisotopic (exact) mass is 286 g/mol. The Bertz CT molecular complexity index is 592. The lowest BCUT2D eigenvalue weighted by Crippen LogP contribution is -2.45. The van der Waals surface area contributed by atoms with Crippen molar-refractivity contribution in [2.24, 2.45) is 0 Å². The van der Waals surface area contributed by atoms with Crippen LogP contribution < -0.4 is 4.90 Å². The minimum absolute atomic E-state index is 0.171. The van der Waals surface area contributed by atoms with Gasteiger partial charge in [-0.05, 0) is 42.0 Å². The Balaban J connectivity index is 1.56. The van der Waals surface area contributed by atoms with Gasteiger partial charge in [0.1, 0.15) is 11.6 Å². The fourth-order valence-electron chi connectivity index (χ4n) is 2.72. The Morgan fingerprint density at radius 3 is 2.33 bits per heavy atom. The van der Waals surface area contributed by atoms with Gasteiger partial charge in [-0.2, -0.15) is 0 Å². The van der Waals surface area contributed by atoms with Crippen molar-refractivity contribution >= 4 is 5.69 Å². The van der Waals surface area contributed by atoms with Crippen LogP contribution in [0.3, 0.4) is 0 Å². The first kappa shape index (κ1) is 13.9. The fraction of sp³-hybridized carbons (Fsp3) is 0.294.